The summed E-state index contributed by atoms with van der Waals surface area (Å²) in [6, 6.07) is 6.01. The first kappa shape index (κ1) is 20.7. The van der Waals surface area contributed by atoms with E-state index in [-0.39, 0.29) is 12.0 Å². The van der Waals surface area contributed by atoms with Gasteiger partial charge in [0.15, 0.2) is 6.10 Å². The van der Waals surface area contributed by atoms with Gasteiger partial charge in [-0.2, -0.15) is 0 Å². The van der Waals surface area contributed by atoms with E-state index in [0.29, 0.717) is 17.9 Å². The number of rotatable bonds is 8. The van der Waals surface area contributed by atoms with Crippen molar-refractivity contribution >= 4 is 17.9 Å². The fourth-order valence-corrected chi connectivity index (χ4v) is 2.82. The number of carbonyl (C=O) groups is 3. The normalized spacial score (nSPS) is 15.0. The maximum absolute atomic E-state index is 12.1. The zero-order chi connectivity index (χ0) is 19.6. The molecule has 0 spiro atoms. The molecule has 0 saturated heterocycles. The van der Waals surface area contributed by atoms with Crippen LogP contribution in [0.15, 0.2) is 24.3 Å². The largest absolute Gasteiger partial charge is 0.481 e. The molecule has 2 rings (SSSR count). The van der Waals surface area contributed by atoms with Gasteiger partial charge < -0.3 is 14.8 Å². The average molecular weight is 376 g/mol. The van der Waals surface area contributed by atoms with Gasteiger partial charge in [0.2, 0.25) is 0 Å². The molecule has 148 valence electrons. The van der Waals surface area contributed by atoms with Gasteiger partial charge in [-0.1, -0.05) is 26.2 Å². The highest BCUT2D eigenvalue weighted by Crippen LogP contribution is 2.17. The zero-order valence-corrected chi connectivity index (χ0v) is 16.0. The number of urea groups is 1. The van der Waals surface area contributed by atoms with E-state index in [2.05, 4.69) is 10.6 Å². The number of unbranched alkanes of at least 4 members (excludes halogenated alkanes) is 1. The van der Waals surface area contributed by atoms with Crippen LogP contribution in [0.5, 0.6) is 5.75 Å². The van der Waals surface area contributed by atoms with Crippen LogP contribution in [0.4, 0.5) is 4.79 Å². The molecule has 27 heavy (non-hydrogen) atoms. The Morgan fingerprint density at radius 3 is 2.44 bits per heavy atom. The molecule has 1 saturated carbocycles. The van der Waals surface area contributed by atoms with Crippen molar-refractivity contribution in [3.63, 3.8) is 0 Å². The molecule has 1 aromatic carbocycles. The molecule has 2 N–H and O–H groups in total. The van der Waals surface area contributed by atoms with Gasteiger partial charge in [-0.15, -0.1) is 0 Å². The van der Waals surface area contributed by atoms with Crippen LogP contribution < -0.4 is 15.4 Å². The van der Waals surface area contributed by atoms with E-state index >= 15 is 0 Å². The lowest BCUT2D eigenvalue weighted by atomic mass is 10.2. The summed E-state index contributed by atoms with van der Waals surface area (Å²) in [6.07, 6.45) is 5.02. The smallest absolute Gasteiger partial charge is 0.338 e. The van der Waals surface area contributed by atoms with Crippen molar-refractivity contribution in [1.29, 1.82) is 0 Å². The molecule has 0 aromatic heterocycles. The Bertz CT molecular complexity index is 638. The summed E-state index contributed by atoms with van der Waals surface area (Å²) in [4.78, 5) is 35.8. The molecule has 1 fully saturated rings. The third kappa shape index (κ3) is 6.92. The highest BCUT2D eigenvalue weighted by molar-refractivity contribution is 5.96. The molecule has 7 heteroatoms. The van der Waals surface area contributed by atoms with Crippen LogP contribution in [0.25, 0.3) is 0 Å². The second-order valence-corrected chi connectivity index (χ2v) is 6.72. The summed E-state index contributed by atoms with van der Waals surface area (Å²) < 4.78 is 10.7. The Hall–Kier alpha value is -2.57. The predicted molar refractivity (Wildman–Crippen MR) is 101 cm³/mol. The first-order chi connectivity index (χ1) is 13.0. The van der Waals surface area contributed by atoms with Gasteiger partial charge in [-0.3, -0.25) is 10.1 Å². The lowest BCUT2D eigenvalue weighted by Crippen LogP contribution is -2.47. The fraction of sp³-hybridized carbons (Fsp3) is 0.550. The summed E-state index contributed by atoms with van der Waals surface area (Å²) in [5.41, 5.74) is 0.423. The maximum Gasteiger partial charge on any atom is 0.338 e. The first-order valence-corrected chi connectivity index (χ1v) is 9.54. The van der Waals surface area contributed by atoms with Gasteiger partial charge in [0.05, 0.1) is 12.2 Å². The number of hydrogen-bond acceptors (Lipinski definition) is 5. The molecular formula is C20H28N2O5. The summed E-state index contributed by atoms with van der Waals surface area (Å²) in [6.45, 7) is 3.98. The lowest BCUT2D eigenvalue weighted by Gasteiger charge is -2.16. The van der Waals surface area contributed by atoms with E-state index in [0.717, 1.165) is 38.5 Å². The Kier molecular flexibility index (Phi) is 8.10. The van der Waals surface area contributed by atoms with E-state index in [1.54, 1.807) is 31.2 Å². The monoisotopic (exact) mass is 376 g/mol. The summed E-state index contributed by atoms with van der Waals surface area (Å²) in [7, 11) is 0. The molecule has 1 aliphatic rings. The minimum absolute atomic E-state index is 0.138. The highest BCUT2D eigenvalue weighted by Gasteiger charge is 2.21. The number of nitrogens with one attached hydrogen (secondary N) is 2. The molecule has 0 heterocycles. The lowest BCUT2D eigenvalue weighted by molar-refractivity contribution is -0.126. The van der Waals surface area contributed by atoms with Crippen LogP contribution in [0.2, 0.25) is 0 Å². The number of carbonyl (C=O) groups excluding carboxylic acids is 3. The fourth-order valence-electron chi connectivity index (χ4n) is 2.82. The number of ether oxygens (including phenoxy) is 2. The van der Waals surface area contributed by atoms with Gasteiger partial charge in [-0.25, -0.2) is 9.59 Å². The molecule has 1 aliphatic carbocycles. The van der Waals surface area contributed by atoms with Crippen molar-refractivity contribution in [2.24, 2.45) is 0 Å². The van der Waals surface area contributed by atoms with Crippen molar-refractivity contribution in [2.45, 2.75) is 64.5 Å². The zero-order valence-electron chi connectivity index (χ0n) is 16.0. The van der Waals surface area contributed by atoms with Crippen molar-refractivity contribution in [3.8, 4) is 5.75 Å². The molecule has 0 unspecified atom stereocenters. The quantitative estimate of drug-likeness (QED) is 0.537. The molecule has 3 amide bonds. The summed E-state index contributed by atoms with van der Waals surface area (Å²) in [5, 5.41) is 5.09. The van der Waals surface area contributed by atoms with E-state index in [4.69, 9.17) is 9.47 Å². The van der Waals surface area contributed by atoms with Crippen molar-refractivity contribution < 1.29 is 23.9 Å². The molecule has 1 atom stereocenters. The molecule has 0 aliphatic heterocycles. The second-order valence-electron chi connectivity index (χ2n) is 6.72. The first-order valence-electron chi connectivity index (χ1n) is 9.54. The molecule has 7 nitrogen and oxygen atoms in total. The van der Waals surface area contributed by atoms with Crippen molar-refractivity contribution in [1.82, 2.24) is 10.6 Å². The Balaban J connectivity index is 1.78. The third-order valence-electron chi connectivity index (χ3n) is 4.43. The summed E-state index contributed by atoms with van der Waals surface area (Å²) >= 11 is 0. The topological polar surface area (TPSA) is 93.7 Å². The maximum atomic E-state index is 12.1. The predicted octanol–water partition coefficient (Wildman–Crippen LogP) is 3.18. The molecule has 1 aromatic rings. The standard InChI is InChI=1S/C20H28N2O5/c1-3-4-13-26-19(24)15-9-11-17(12-10-15)27-14(2)18(23)22-20(25)21-16-7-5-6-8-16/h9-12,14,16H,3-8,13H2,1-2H3,(H2,21,22,23,25)/t14-/m0/s1. The van der Waals surface area contributed by atoms with E-state index in [1.807, 2.05) is 6.92 Å². The van der Waals surface area contributed by atoms with Gasteiger partial charge in [0, 0.05) is 6.04 Å². The summed E-state index contributed by atoms with van der Waals surface area (Å²) in [5.74, 6) is -0.475. The number of hydrogen-bond donors (Lipinski definition) is 2. The van der Waals surface area contributed by atoms with Gasteiger partial charge >= 0.3 is 12.0 Å². The van der Waals surface area contributed by atoms with Gasteiger partial charge in [-0.05, 0) is 50.5 Å². The minimum atomic E-state index is -0.846. The van der Waals surface area contributed by atoms with Gasteiger partial charge in [0.1, 0.15) is 5.75 Å². The third-order valence-corrected chi connectivity index (χ3v) is 4.43. The molecule has 0 bridgehead atoms. The van der Waals surface area contributed by atoms with Crippen LogP contribution >= 0.6 is 0 Å². The van der Waals surface area contributed by atoms with E-state index in [1.165, 1.54) is 0 Å². The van der Waals surface area contributed by atoms with E-state index < -0.39 is 18.0 Å². The van der Waals surface area contributed by atoms with Gasteiger partial charge in [0.25, 0.3) is 5.91 Å². The number of amides is 3. The minimum Gasteiger partial charge on any atom is -0.481 e. The SMILES string of the molecule is CCCCOC(=O)c1ccc(O[C@@H](C)C(=O)NC(=O)NC2CCCC2)cc1. The molecule has 0 radical (unpaired) electrons. The Morgan fingerprint density at radius 2 is 1.81 bits per heavy atom. The van der Waals surface area contributed by atoms with Crippen LogP contribution in [-0.2, 0) is 9.53 Å². The van der Waals surface area contributed by atoms with E-state index in [9.17, 15) is 14.4 Å². The molecular weight excluding hydrogens is 348 g/mol. The second kappa shape index (κ2) is 10.5. The number of esters is 1. The van der Waals surface area contributed by atoms with Crippen LogP contribution in [0.1, 0.15) is 62.7 Å². The van der Waals surface area contributed by atoms with Crippen LogP contribution in [0.3, 0.4) is 0 Å². The van der Waals surface area contributed by atoms with Crippen molar-refractivity contribution in [2.75, 3.05) is 6.61 Å². The van der Waals surface area contributed by atoms with Crippen molar-refractivity contribution in [3.05, 3.63) is 29.8 Å². The van der Waals surface area contributed by atoms with Crippen LogP contribution in [0, 0.1) is 0 Å². The Labute approximate surface area is 159 Å². The number of imide groups is 1. The highest BCUT2D eigenvalue weighted by atomic mass is 16.5. The van der Waals surface area contributed by atoms with Crippen LogP contribution in [-0.4, -0.2) is 36.7 Å². The Morgan fingerprint density at radius 1 is 1.15 bits per heavy atom. The average Bonchev–Trinajstić information content (AvgIpc) is 3.15. The number of benzene rings is 1.